The summed E-state index contributed by atoms with van der Waals surface area (Å²) in [7, 11) is 0. The van der Waals surface area contributed by atoms with Gasteiger partial charge in [-0.05, 0) is 6.42 Å². The largest absolute Gasteiger partial charge is 0.481 e. The van der Waals surface area contributed by atoms with Crippen molar-refractivity contribution in [3.63, 3.8) is 0 Å². The molecule has 0 saturated heterocycles. The Morgan fingerprint density at radius 3 is 2.33 bits per heavy atom. The third-order valence-electron chi connectivity index (χ3n) is 0.994. The fourth-order valence-corrected chi connectivity index (χ4v) is 0.526. The van der Waals surface area contributed by atoms with E-state index < -0.39 is 5.97 Å². The summed E-state index contributed by atoms with van der Waals surface area (Å²) in [6.45, 7) is 2.06. The number of carboxylic acid groups (broad SMARTS) is 1. The summed E-state index contributed by atoms with van der Waals surface area (Å²) in [4.78, 5) is 9.87. The van der Waals surface area contributed by atoms with E-state index in [-0.39, 0.29) is 23.1 Å². The van der Waals surface area contributed by atoms with Gasteiger partial charge in [-0.3, -0.25) is 4.79 Å². The van der Waals surface area contributed by atoms with Gasteiger partial charge >= 0.3 is 29.0 Å². The molecule has 0 unspecified atom stereocenters. The van der Waals surface area contributed by atoms with E-state index >= 15 is 0 Å². The van der Waals surface area contributed by atoms with E-state index in [1.807, 2.05) is 0 Å². The molecule has 0 aromatic heterocycles. The van der Waals surface area contributed by atoms with Crippen molar-refractivity contribution >= 4 is 29.0 Å². The number of carbonyl (C=O) groups is 1. The normalized spacial score (nSPS) is 8.11. The molecule has 0 radical (unpaired) electrons. The molecule has 0 bridgehead atoms. The average Bonchev–Trinajstić information content (AvgIpc) is 1.66. The molecule has 0 aliphatic rings. The number of carboxylic acids is 1. The second kappa shape index (κ2) is 8.24. The van der Waals surface area contributed by atoms with Crippen molar-refractivity contribution < 1.29 is 9.90 Å². The Balaban J connectivity index is 0. The lowest BCUT2D eigenvalue weighted by Crippen LogP contribution is -1.92. The molecule has 1 N–H and O–H groups in total. The van der Waals surface area contributed by atoms with Crippen LogP contribution >= 0.6 is 0 Å². The van der Waals surface area contributed by atoms with Crippen LogP contribution in [-0.2, 0) is 4.79 Å². The molecule has 0 aromatic rings. The van der Waals surface area contributed by atoms with Gasteiger partial charge in [-0.15, -0.1) is 0 Å². The lowest BCUT2D eigenvalue weighted by Gasteiger charge is -1.89. The summed E-state index contributed by atoms with van der Waals surface area (Å²) in [6.07, 6.45) is 3.28. The number of hydrogen-bond acceptors (Lipinski definition) is 1. The molecule has 0 rings (SSSR count). The maximum absolute atomic E-state index is 9.87. The van der Waals surface area contributed by atoms with Gasteiger partial charge in [0, 0.05) is 6.42 Å². The van der Waals surface area contributed by atoms with Gasteiger partial charge < -0.3 is 5.11 Å². The Morgan fingerprint density at radius 1 is 1.44 bits per heavy atom. The lowest BCUT2D eigenvalue weighted by molar-refractivity contribution is -0.137. The molecule has 9 heavy (non-hydrogen) atoms. The molecule has 0 fully saturated rings. The highest BCUT2D eigenvalue weighted by Gasteiger charge is 1.92. The molecule has 0 aliphatic carbocycles. The monoisotopic (exact) mass is 142 g/mol. The van der Waals surface area contributed by atoms with Crippen molar-refractivity contribution in [2.75, 3.05) is 0 Å². The molecule has 0 atom stereocenters. The van der Waals surface area contributed by atoms with Gasteiger partial charge in [0.05, 0.1) is 0 Å². The van der Waals surface area contributed by atoms with E-state index in [0.29, 0.717) is 6.42 Å². The molecule has 3 heteroatoms. The van der Waals surface area contributed by atoms with Crippen LogP contribution in [-0.4, -0.2) is 34.1 Å². The molecule has 2 nitrogen and oxygen atoms in total. The van der Waals surface area contributed by atoms with Gasteiger partial charge in [0.1, 0.15) is 0 Å². The van der Waals surface area contributed by atoms with E-state index in [0.717, 1.165) is 19.3 Å². The summed E-state index contributed by atoms with van der Waals surface area (Å²) in [5.74, 6) is -0.682. The first-order chi connectivity index (χ1) is 3.77. The first-order valence-corrected chi connectivity index (χ1v) is 2.99. The fourth-order valence-electron chi connectivity index (χ4n) is 0.526. The second-order valence-corrected chi connectivity index (χ2v) is 1.85. The fraction of sp³-hybridized carbons (Fsp3) is 0.833. The van der Waals surface area contributed by atoms with Gasteiger partial charge in [-0.1, -0.05) is 19.8 Å². The Bertz CT molecular complexity index is 73.5. The van der Waals surface area contributed by atoms with Crippen molar-refractivity contribution in [3.8, 4) is 0 Å². The molecule has 0 saturated carbocycles. The molecular weight excluding hydrogens is 128 g/mol. The van der Waals surface area contributed by atoms with Gasteiger partial charge in [0.15, 0.2) is 0 Å². The van der Waals surface area contributed by atoms with Crippen molar-refractivity contribution in [1.29, 1.82) is 0 Å². The van der Waals surface area contributed by atoms with E-state index in [4.69, 9.17) is 5.11 Å². The minimum Gasteiger partial charge on any atom is -0.481 e. The molecule has 52 valence electrons. The third-order valence-corrected chi connectivity index (χ3v) is 0.994. The summed E-state index contributed by atoms with van der Waals surface area (Å²) in [5, 5.41) is 8.14. The second-order valence-electron chi connectivity index (χ2n) is 1.85. The van der Waals surface area contributed by atoms with E-state index in [1.165, 1.54) is 0 Å². The Labute approximate surface area is 71.8 Å². The maximum Gasteiger partial charge on any atom is 0.316 e. The van der Waals surface area contributed by atoms with Crippen molar-refractivity contribution in [2.45, 2.75) is 32.6 Å². The van der Waals surface area contributed by atoms with Crippen LogP contribution in [0.25, 0.3) is 0 Å². The molecule has 0 aromatic carbocycles. The third kappa shape index (κ3) is 11.7. The zero-order valence-corrected chi connectivity index (χ0v) is 5.18. The highest BCUT2D eigenvalue weighted by molar-refractivity contribution is 5.75. The van der Waals surface area contributed by atoms with E-state index in [1.54, 1.807) is 0 Å². The minimum atomic E-state index is -0.682. The number of aliphatic carboxylic acids is 1. The highest BCUT2D eigenvalue weighted by atomic mass is 24.3. The van der Waals surface area contributed by atoms with Gasteiger partial charge in [0.2, 0.25) is 0 Å². The van der Waals surface area contributed by atoms with E-state index in [9.17, 15) is 4.79 Å². The van der Waals surface area contributed by atoms with Crippen LogP contribution in [0, 0.1) is 0 Å². The first kappa shape index (κ1) is 12.0. The van der Waals surface area contributed by atoms with Gasteiger partial charge in [0.25, 0.3) is 0 Å². The molecule has 0 heterocycles. The standard InChI is InChI=1S/C6H12O2.Mg.2H/c1-2-3-4-5-6(7)8;;;/h2-5H2,1H3,(H,7,8);;;. The molecule has 0 spiro atoms. The van der Waals surface area contributed by atoms with Gasteiger partial charge in [-0.25, -0.2) is 0 Å². The molecule has 0 aliphatic heterocycles. The van der Waals surface area contributed by atoms with Crippen LogP contribution in [0.3, 0.4) is 0 Å². The maximum atomic E-state index is 9.87. The number of unbranched alkanes of at least 4 members (excludes halogenated alkanes) is 2. The molecule has 0 amide bonds. The number of hydrogen-bond donors (Lipinski definition) is 1. The van der Waals surface area contributed by atoms with Crippen molar-refractivity contribution in [1.82, 2.24) is 0 Å². The Hall–Kier alpha value is 0.236. The lowest BCUT2D eigenvalue weighted by atomic mass is 10.2. The quantitative estimate of drug-likeness (QED) is 0.464. The van der Waals surface area contributed by atoms with Crippen LogP contribution in [0.4, 0.5) is 0 Å². The van der Waals surface area contributed by atoms with Crippen LogP contribution in [0.2, 0.25) is 0 Å². The van der Waals surface area contributed by atoms with Crippen LogP contribution in [0.1, 0.15) is 32.6 Å². The zero-order chi connectivity index (χ0) is 6.41. The summed E-state index contributed by atoms with van der Waals surface area (Å²) in [6, 6.07) is 0. The summed E-state index contributed by atoms with van der Waals surface area (Å²) < 4.78 is 0. The van der Waals surface area contributed by atoms with E-state index in [2.05, 4.69) is 6.92 Å². The van der Waals surface area contributed by atoms with Crippen LogP contribution < -0.4 is 0 Å². The topological polar surface area (TPSA) is 37.3 Å². The van der Waals surface area contributed by atoms with Crippen LogP contribution in [0.15, 0.2) is 0 Å². The Morgan fingerprint density at radius 2 is 2.00 bits per heavy atom. The minimum absolute atomic E-state index is 0. The first-order valence-electron chi connectivity index (χ1n) is 2.99. The Kier molecular flexibility index (Phi) is 10.9. The highest BCUT2D eigenvalue weighted by Crippen LogP contribution is 1.97. The summed E-state index contributed by atoms with van der Waals surface area (Å²) >= 11 is 0. The van der Waals surface area contributed by atoms with Crippen molar-refractivity contribution in [2.24, 2.45) is 0 Å². The van der Waals surface area contributed by atoms with Gasteiger partial charge in [-0.2, -0.15) is 0 Å². The smallest absolute Gasteiger partial charge is 0.316 e. The predicted molar refractivity (Wildman–Crippen MR) is 40.3 cm³/mol. The predicted octanol–water partition coefficient (Wildman–Crippen LogP) is 0.735. The molecular formula is C6H14MgO2. The van der Waals surface area contributed by atoms with Crippen molar-refractivity contribution in [3.05, 3.63) is 0 Å². The average molecular weight is 142 g/mol. The zero-order valence-electron chi connectivity index (χ0n) is 5.18. The SMILES string of the molecule is CCCCCC(=O)O.[MgH2]. The van der Waals surface area contributed by atoms with Crippen LogP contribution in [0.5, 0.6) is 0 Å². The number of rotatable bonds is 4. The summed E-state index contributed by atoms with van der Waals surface area (Å²) in [5.41, 5.74) is 0.